The van der Waals surface area contributed by atoms with Gasteiger partial charge in [-0.15, -0.1) is 0 Å². The van der Waals surface area contributed by atoms with Crippen LogP contribution in [0.3, 0.4) is 0 Å². The number of benzene rings is 1. The van der Waals surface area contributed by atoms with Gasteiger partial charge in [-0.2, -0.15) is 0 Å². The third kappa shape index (κ3) is 3.44. The number of nitrogens with one attached hydrogen (secondary N) is 3. The van der Waals surface area contributed by atoms with Crippen molar-refractivity contribution >= 4 is 33.8 Å². The Morgan fingerprint density at radius 3 is 2.54 bits per heavy atom. The summed E-state index contributed by atoms with van der Waals surface area (Å²) in [4.78, 5) is 11.9. The normalized spacial score (nSPS) is 10.7. The summed E-state index contributed by atoms with van der Waals surface area (Å²) in [6, 6.07) is 16.0. The maximum absolute atomic E-state index is 5.07. The number of aryl methyl sites for hydroxylation is 1. The van der Waals surface area contributed by atoms with Gasteiger partial charge in [0.15, 0.2) is 0 Å². The van der Waals surface area contributed by atoms with Crippen molar-refractivity contribution in [1.82, 2.24) is 15.0 Å². The highest BCUT2D eigenvalue weighted by Crippen LogP contribution is 2.24. The first-order valence-electron chi connectivity index (χ1n) is 8.29. The first-order valence-corrected chi connectivity index (χ1v) is 8.29. The van der Waals surface area contributed by atoms with E-state index in [0.29, 0.717) is 5.88 Å². The van der Waals surface area contributed by atoms with E-state index in [1.54, 1.807) is 25.6 Å². The lowest BCUT2D eigenvalue weighted by Gasteiger charge is -2.10. The van der Waals surface area contributed by atoms with E-state index in [9.17, 15) is 0 Å². The fraction of sp³-hybridized carbons (Fsp3) is 0.100. The van der Waals surface area contributed by atoms with Crippen molar-refractivity contribution in [3.05, 3.63) is 66.6 Å². The number of anilines is 4. The molecule has 0 saturated carbocycles. The SMILES string of the molecule is COc1ccc(Nc2cc(Nc3ccc4[nH]c(C)cc4c3)ccn2)cn1. The van der Waals surface area contributed by atoms with Gasteiger partial charge in [0.2, 0.25) is 5.88 Å². The molecule has 6 heteroatoms. The summed E-state index contributed by atoms with van der Waals surface area (Å²) in [6.45, 7) is 2.06. The van der Waals surface area contributed by atoms with Crippen LogP contribution in [0.5, 0.6) is 5.88 Å². The van der Waals surface area contributed by atoms with Crippen molar-refractivity contribution in [1.29, 1.82) is 0 Å². The zero-order chi connectivity index (χ0) is 17.9. The lowest BCUT2D eigenvalue weighted by atomic mass is 10.2. The van der Waals surface area contributed by atoms with Gasteiger partial charge < -0.3 is 20.4 Å². The van der Waals surface area contributed by atoms with E-state index in [2.05, 4.69) is 56.8 Å². The largest absolute Gasteiger partial charge is 0.481 e. The molecule has 0 aliphatic rings. The molecule has 1 aromatic carbocycles. The molecule has 0 unspecified atom stereocenters. The number of pyridine rings is 2. The number of hydrogen-bond donors (Lipinski definition) is 3. The summed E-state index contributed by atoms with van der Waals surface area (Å²) >= 11 is 0. The molecule has 26 heavy (non-hydrogen) atoms. The highest BCUT2D eigenvalue weighted by Gasteiger charge is 2.03. The first kappa shape index (κ1) is 16.0. The van der Waals surface area contributed by atoms with Gasteiger partial charge in [-0.25, -0.2) is 9.97 Å². The quantitative estimate of drug-likeness (QED) is 0.486. The molecule has 0 amide bonds. The molecule has 0 spiro atoms. The van der Waals surface area contributed by atoms with Gasteiger partial charge in [0.25, 0.3) is 0 Å². The van der Waals surface area contributed by atoms with Crippen LogP contribution < -0.4 is 15.4 Å². The van der Waals surface area contributed by atoms with Crippen LogP contribution in [0.1, 0.15) is 5.69 Å². The molecular formula is C20H19N5O. The Balaban J connectivity index is 1.52. The molecule has 0 fully saturated rings. The monoisotopic (exact) mass is 345 g/mol. The molecule has 3 aromatic heterocycles. The van der Waals surface area contributed by atoms with E-state index < -0.39 is 0 Å². The van der Waals surface area contributed by atoms with Gasteiger partial charge in [-0.3, -0.25) is 0 Å². The Labute approximate surface area is 151 Å². The van der Waals surface area contributed by atoms with Crippen LogP contribution in [0.15, 0.2) is 60.9 Å². The number of aromatic amines is 1. The third-order valence-electron chi connectivity index (χ3n) is 4.02. The molecule has 4 aromatic rings. The number of nitrogens with zero attached hydrogens (tertiary/aromatic N) is 2. The molecule has 6 nitrogen and oxygen atoms in total. The Morgan fingerprint density at radius 2 is 1.73 bits per heavy atom. The Bertz CT molecular complexity index is 1040. The summed E-state index contributed by atoms with van der Waals surface area (Å²) in [7, 11) is 1.60. The summed E-state index contributed by atoms with van der Waals surface area (Å²) < 4.78 is 5.07. The molecule has 0 aliphatic heterocycles. The average molecular weight is 345 g/mol. The molecule has 130 valence electrons. The molecule has 0 radical (unpaired) electrons. The number of hydrogen-bond acceptors (Lipinski definition) is 5. The van der Waals surface area contributed by atoms with Gasteiger partial charge in [0, 0.05) is 46.3 Å². The van der Waals surface area contributed by atoms with E-state index in [4.69, 9.17) is 4.74 Å². The van der Waals surface area contributed by atoms with Crippen molar-refractivity contribution in [2.24, 2.45) is 0 Å². The Morgan fingerprint density at radius 1 is 0.885 bits per heavy atom. The highest BCUT2D eigenvalue weighted by molar-refractivity contribution is 5.85. The zero-order valence-corrected chi connectivity index (χ0v) is 14.6. The predicted molar refractivity (Wildman–Crippen MR) is 105 cm³/mol. The zero-order valence-electron chi connectivity index (χ0n) is 14.6. The second-order valence-corrected chi connectivity index (χ2v) is 6.02. The fourth-order valence-electron chi connectivity index (χ4n) is 2.82. The minimum Gasteiger partial charge on any atom is -0.481 e. The summed E-state index contributed by atoms with van der Waals surface area (Å²) in [5, 5.41) is 7.84. The number of rotatable bonds is 5. The molecule has 3 N–H and O–H groups in total. The minimum absolute atomic E-state index is 0.578. The standard InChI is InChI=1S/C20H19N5O/c1-13-9-14-10-15(3-5-18(14)23-13)24-16-7-8-21-19(11-16)25-17-4-6-20(26-2)22-12-17/h3-12,23H,1-2H3,(H2,21,24,25). The maximum atomic E-state index is 5.07. The minimum atomic E-state index is 0.578. The maximum Gasteiger partial charge on any atom is 0.213 e. The molecular weight excluding hydrogens is 326 g/mol. The molecule has 0 atom stereocenters. The molecule has 0 aliphatic carbocycles. The number of fused-ring (bicyclic) bond motifs is 1. The van der Waals surface area contributed by atoms with Crippen LogP contribution in [0.4, 0.5) is 22.9 Å². The van der Waals surface area contributed by atoms with E-state index in [1.165, 1.54) is 5.39 Å². The predicted octanol–water partition coefficient (Wildman–Crippen LogP) is 4.76. The number of ether oxygens (including phenoxy) is 1. The second-order valence-electron chi connectivity index (χ2n) is 6.02. The van der Waals surface area contributed by atoms with Crippen LogP contribution >= 0.6 is 0 Å². The molecule has 4 rings (SSSR count). The topological polar surface area (TPSA) is 74.9 Å². The van der Waals surface area contributed by atoms with Crippen LogP contribution in [0, 0.1) is 6.92 Å². The lowest BCUT2D eigenvalue weighted by Crippen LogP contribution is -1.97. The fourth-order valence-corrected chi connectivity index (χ4v) is 2.82. The molecule has 3 heterocycles. The van der Waals surface area contributed by atoms with Crippen molar-refractivity contribution < 1.29 is 4.74 Å². The van der Waals surface area contributed by atoms with Gasteiger partial charge in [0.1, 0.15) is 5.82 Å². The van der Waals surface area contributed by atoms with Crippen molar-refractivity contribution in [2.75, 3.05) is 17.7 Å². The molecule has 0 saturated heterocycles. The van der Waals surface area contributed by atoms with E-state index in [0.717, 1.165) is 34.1 Å². The van der Waals surface area contributed by atoms with Crippen LogP contribution in [0.2, 0.25) is 0 Å². The average Bonchev–Trinajstić information content (AvgIpc) is 3.02. The van der Waals surface area contributed by atoms with E-state index in [1.807, 2.05) is 18.2 Å². The lowest BCUT2D eigenvalue weighted by molar-refractivity contribution is 0.398. The van der Waals surface area contributed by atoms with Crippen LogP contribution in [0.25, 0.3) is 10.9 Å². The van der Waals surface area contributed by atoms with Crippen molar-refractivity contribution in [3.63, 3.8) is 0 Å². The van der Waals surface area contributed by atoms with Crippen LogP contribution in [-0.2, 0) is 0 Å². The second kappa shape index (κ2) is 6.76. The van der Waals surface area contributed by atoms with Gasteiger partial charge in [-0.1, -0.05) is 0 Å². The molecule has 0 bridgehead atoms. The summed E-state index contributed by atoms with van der Waals surface area (Å²) in [6.07, 6.45) is 3.48. The number of H-pyrrole nitrogens is 1. The van der Waals surface area contributed by atoms with Gasteiger partial charge in [0.05, 0.1) is 19.0 Å². The summed E-state index contributed by atoms with van der Waals surface area (Å²) in [5.74, 6) is 1.31. The van der Waals surface area contributed by atoms with Gasteiger partial charge in [-0.05, 0) is 43.3 Å². The van der Waals surface area contributed by atoms with Crippen molar-refractivity contribution in [2.45, 2.75) is 6.92 Å². The van der Waals surface area contributed by atoms with E-state index >= 15 is 0 Å². The number of methoxy groups -OCH3 is 1. The Hall–Kier alpha value is -3.54. The van der Waals surface area contributed by atoms with Gasteiger partial charge >= 0.3 is 0 Å². The first-order chi connectivity index (χ1) is 12.7. The smallest absolute Gasteiger partial charge is 0.213 e. The number of aromatic nitrogens is 3. The van der Waals surface area contributed by atoms with Crippen molar-refractivity contribution in [3.8, 4) is 5.88 Å². The van der Waals surface area contributed by atoms with Crippen LogP contribution in [-0.4, -0.2) is 22.1 Å². The third-order valence-corrected chi connectivity index (χ3v) is 4.02. The van der Waals surface area contributed by atoms with E-state index in [-0.39, 0.29) is 0 Å². The Kier molecular flexibility index (Phi) is 4.15. The summed E-state index contributed by atoms with van der Waals surface area (Å²) in [5.41, 5.74) is 5.12. The highest BCUT2D eigenvalue weighted by atomic mass is 16.5.